The molecule has 2 fully saturated rings. The third-order valence-corrected chi connectivity index (χ3v) is 4.27. The van der Waals surface area contributed by atoms with Gasteiger partial charge in [-0.2, -0.15) is 0 Å². The van der Waals surface area contributed by atoms with E-state index in [4.69, 9.17) is 5.11 Å². The summed E-state index contributed by atoms with van der Waals surface area (Å²) < 4.78 is 0. The van der Waals surface area contributed by atoms with Crippen LogP contribution in [0.2, 0.25) is 0 Å². The van der Waals surface area contributed by atoms with Crippen LogP contribution in [0.1, 0.15) is 38.5 Å². The predicted molar refractivity (Wildman–Crippen MR) is 71.9 cm³/mol. The van der Waals surface area contributed by atoms with Crippen molar-refractivity contribution in [3.05, 3.63) is 0 Å². The standard InChI is InChI=1S/C14H22N2O4/c17-12(16-8-1-2-9-16)6-7-15-13(18)10-4-3-5-11(10)14(19)20/h10-11H,1-9H2,(H,15,18)(H,19,20)/t10-,11+/m1/s1. The van der Waals surface area contributed by atoms with Crippen LogP contribution in [0.5, 0.6) is 0 Å². The van der Waals surface area contributed by atoms with Gasteiger partial charge < -0.3 is 15.3 Å². The maximum atomic E-state index is 12.0. The molecule has 2 N–H and O–H groups in total. The van der Waals surface area contributed by atoms with Crippen LogP contribution in [-0.2, 0) is 14.4 Å². The molecule has 2 amide bonds. The lowest BCUT2D eigenvalue weighted by Crippen LogP contribution is -2.37. The Hall–Kier alpha value is -1.59. The molecule has 1 saturated heterocycles. The summed E-state index contributed by atoms with van der Waals surface area (Å²) in [7, 11) is 0. The zero-order valence-corrected chi connectivity index (χ0v) is 11.6. The van der Waals surface area contributed by atoms with E-state index in [1.807, 2.05) is 4.90 Å². The summed E-state index contributed by atoms with van der Waals surface area (Å²) in [6.07, 6.45) is 4.39. The van der Waals surface area contributed by atoms with Crippen molar-refractivity contribution in [1.82, 2.24) is 10.2 Å². The number of carboxylic acids is 1. The zero-order valence-electron chi connectivity index (χ0n) is 11.6. The first kappa shape index (κ1) is 14.8. The number of carbonyl (C=O) groups is 3. The van der Waals surface area contributed by atoms with Crippen LogP contribution in [0.25, 0.3) is 0 Å². The van der Waals surface area contributed by atoms with Gasteiger partial charge in [0.05, 0.1) is 11.8 Å². The second kappa shape index (κ2) is 6.72. The highest BCUT2D eigenvalue weighted by molar-refractivity contribution is 5.85. The molecule has 2 aliphatic rings. The van der Waals surface area contributed by atoms with Crippen LogP contribution in [0.4, 0.5) is 0 Å². The molecule has 0 radical (unpaired) electrons. The molecule has 0 unspecified atom stereocenters. The second-order valence-corrected chi connectivity index (χ2v) is 5.61. The highest BCUT2D eigenvalue weighted by Crippen LogP contribution is 2.31. The largest absolute Gasteiger partial charge is 0.481 e. The molecule has 6 heteroatoms. The van der Waals surface area contributed by atoms with Gasteiger partial charge in [0.25, 0.3) is 0 Å². The van der Waals surface area contributed by atoms with Crippen LogP contribution in [-0.4, -0.2) is 47.4 Å². The molecule has 0 spiro atoms. The van der Waals surface area contributed by atoms with Gasteiger partial charge in [0.15, 0.2) is 0 Å². The molecule has 0 aromatic rings. The van der Waals surface area contributed by atoms with Crippen molar-refractivity contribution in [3.8, 4) is 0 Å². The Balaban J connectivity index is 1.72. The maximum absolute atomic E-state index is 12.0. The van der Waals surface area contributed by atoms with Crippen molar-refractivity contribution in [2.75, 3.05) is 19.6 Å². The Morgan fingerprint density at radius 2 is 1.70 bits per heavy atom. The number of hydrogen-bond acceptors (Lipinski definition) is 3. The van der Waals surface area contributed by atoms with E-state index in [2.05, 4.69) is 5.32 Å². The van der Waals surface area contributed by atoms with Crippen LogP contribution in [0, 0.1) is 11.8 Å². The molecule has 2 atom stereocenters. The number of nitrogens with zero attached hydrogens (tertiary/aromatic N) is 1. The Bertz CT molecular complexity index is 391. The van der Waals surface area contributed by atoms with E-state index in [-0.39, 0.29) is 11.8 Å². The van der Waals surface area contributed by atoms with Gasteiger partial charge in [-0.1, -0.05) is 6.42 Å². The van der Waals surface area contributed by atoms with Gasteiger partial charge in [-0.15, -0.1) is 0 Å². The van der Waals surface area contributed by atoms with Crippen LogP contribution in [0.15, 0.2) is 0 Å². The van der Waals surface area contributed by atoms with E-state index in [9.17, 15) is 14.4 Å². The van der Waals surface area contributed by atoms with Gasteiger partial charge in [0.2, 0.25) is 11.8 Å². The van der Waals surface area contributed by atoms with E-state index in [1.165, 1.54) is 0 Å². The smallest absolute Gasteiger partial charge is 0.307 e. The maximum Gasteiger partial charge on any atom is 0.307 e. The van der Waals surface area contributed by atoms with Crippen molar-refractivity contribution < 1.29 is 19.5 Å². The lowest BCUT2D eigenvalue weighted by Gasteiger charge is -2.17. The Kier molecular flexibility index (Phi) is 4.98. The third kappa shape index (κ3) is 3.49. The molecule has 112 valence electrons. The predicted octanol–water partition coefficient (Wildman–Crippen LogP) is 0.616. The Morgan fingerprint density at radius 3 is 2.35 bits per heavy atom. The highest BCUT2D eigenvalue weighted by atomic mass is 16.4. The van der Waals surface area contributed by atoms with Crippen LogP contribution < -0.4 is 5.32 Å². The van der Waals surface area contributed by atoms with Gasteiger partial charge in [-0.3, -0.25) is 14.4 Å². The summed E-state index contributed by atoms with van der Waals surface area (Å²) in [6, 6.07) is 0. The van der Waals surface area contributed by atoms with E-state index < -0.39 is 17.8 Å². The number of rotatable bonds is 5. The highest BCUT2D eigenvalue weighted by Gasteiger charge is 2.37. The van der Waals surface area contributed by atoms with Gasteiger partial charge in [0, 0.05) is 26.1 Å². The zero-order chi connectivity index (χ0) is 14.5. The summed E-state index contributed by atoms with van der Waals surface area (Å²) >= 11 is 0. The van der Waals surface area contributed by atoms with E-state index >= 15 is 0 Å². The lowest BCUT2D eigenvalue weighted by atomic mass is 9.95. The van der Waals surface area contributed by atoms with Crippen LogP contribution >= 0.6 is 0 Å². The minimum Gasteiger partial charge on any atom is -0.481 e. The summed E-state index contributed by atoms with van der Waals surface area (Å²) in [6.45, 7) is 1.93. The van der Waals surface area contributed by atoms with Gasteiger partial charge >= 0.3 is 5.97 Å². The number of hydrogen-bond donors (Lipinski definition) is 2. The summed E-state index contributed by atoms with van der Waals surface area (Å²) in [5, 5.41) is 11.8. The average molecular weight is 282 g/mol. The van der Waals surface area contributed by atoms with Crippen molar-refractivity contribution >= 4 is 17.8 Å². The van der Waals surface area contributed by atoms with Crippen molar-refractivity contribution in [1.29, 1.82) is 0 Å². The molecule has 2 rings (SSSR count). The molecular weight excluding hydrogens is 260 g/mol. The number of nitrogens with one attached hydrogen (secondary N) is 1. The molecule has 0 aromatic carbocycles. The summed E-state index contributed by atoms with van der Waals surface area (Å²) in [5.41, 5.74) is 0. The average Bonchev–Trinajstić information content (AvgIpc) is 3.09. The van der Waals surface area contributed by atoms with Crippen molar-refractivity contribution in [2.24, 2.45) is 11.8 Å². The topological polar surface area (TPSA) is 86.7 Å². The van der Waals surface area contributed by atoms with Gasteiger partial charge in [-0.05, 0) is 25.7 Å². The fourth-order valence-corrected chi connectivity index (χ4v) is 3.12. The Morgan fingerprint density at radius 1 is 1.05 bits per heavy atom. The first-order valence-electron chi connectivity index (χ1n) is 7.38. The third-order valence-electron chi connectivity index (χ3n) is 4.27. The van der Waals surface area contributed by atoms with Crippen molar-refractivity contribution in [2.45, 2.75) is 38.5 Å². The molecule has 1 saturated carbocycles. The monoisotopic (exact) mass is 282 g/mol. The molecule has 0 bridgehead atoms. The van der Waals surface area contributed by atoms with E-state index in [0.717, 1.165) is 32.4 Å². The van der Waals surface area contributed by atoms with Crippen molar-refractivity contribution in [3.63, 3.8) is 0 Å². The summed E-state index contributed by atoms with van der Waals surface area (Å²) in [5.74, 6) is -2.04. The number of amides is 2. The molecule has 20 heavy (non-hydrogen) atoms. The summed E-state index contributed by atoms with van der Waals surface area (Å²) in [4.78, 5) is 36.6. The first-order chi connectivity index (χ1) is 9.59. The molecule has 1 aliphatic heterocycles. The molecular formula is C14H22N2O4. The number of carboxylic acid groups (broad SMARTS) is 1. The molecule has 0 aromatic heterocycles. The number of aliphatic carboxylic acids is 1. The van der Waals surface area contributed by atoms with E-state index in [1.54, 1.807) is 0 Å². The fraction of sp³-hybridized carbons (Fsp3) is 0.786. The minimum atomic E-state index is -0.893. The molecule has 1 aliphatic carbocycles. The van der Waals surface area contributed by atoms with E-state index in [0.29, 0.717) is 25.8 Å². The second-order valence-electron chi connectivity index (χ2n) is 5.61. The number of carbonyl (C=O) groups excluding carboxylic acids is 2. The lowest BCUT2D eigenvalue weighted by molar-refractivity contribution is -0.146. The normalized spacial score (nSPS) is 25.7. The minimum absolute atomic E-state index is 0.0732. The molecule has 1 heterocycles. The number of likely N-dealkylation sites (tertiary alicyclic amines) is 1. The van der Waals surface area contributed by atoms with Gasteiger partial charge in [0.1, 0.15) is 0 Å². The Labute approximate surface area is 118 Å². The fourth-order valence-electron chi connectivity index (χ4n) is 3.12. The first-order valence-corrected chi connectivity index (χ1v) is 7.38. The molecule has 6 nitrogen and oxygen atoms in total. The van der Waals surface area contributed by atoms with Crippen LogP contribution in [0.3, 0.4) is 0 Å². The SMILES string of the molecule is O=C(O)[C@H]1CCC[C@H]1C(=O)NCCC(=O)N1CCCC1. The quantitative estimate of drug-likeness (QED) is 0.773. The van der Waals surface area contributed by atoms with Gasteiger partial charge in [-0.25, -0.2) is 0 Å².